The van der Waals surface area contributed by atoms with Crippen LogP contribution in [0.1, 0.15) is 33.1 Å². The minimum absolute atomic E-state index is 0.0387. The summed E-state index contributed by atoms with van der Waals surface area (Å²) in [6.45, 7) is 5.12. The van der Waals surface area contributed by atoms with E-state index in [1.54, 1.807) is 0 Å². The molecule has 4 heteroatoms. The van der Waals surface area contributed by atoms with Crippen LogP contribution in [-0.4, -0.2) is 34.7 Å². The topological polar surface area (TPSA) is 41.5 Å². The molecule has 0 aromatic heterocycles. The number of amides is 1. The summed E-state index contributed by atoms with van der Waals surface area (Å²) in [7, 11) is 0. The molecule has 4 atom stereocenters. The number of nitrogens with zero attached hydrogens (tertiary/aromatic N) is 1. The highest BCUT2D eigenvalue weighted by Gasteiger charge is 2.54. The molecular formula is C17H24N2OS. The van der Waals surface area contributed by atoms with Gasteiger partial charge in [0.2, 0.25) is 5.91 Å². The zero-order valence-corrected chi connectivity index (χ0v) is 13.7. The number of rotatable bonds is 4. The molecule has 0 aromatic rings. The van der Waals surface area contributed by atoms with Crippen molar-refractivity contribution in [2.45, 2.75) is 43.9 Å². The van der Waals surface area contributed by atoms with Gasteiger partial charge in [-0.05, 0) is 31.8 Å². The zero-order valence-electron chi connectivity index (χ0n) is 12.8. The lowest BCUT2D eigenvalue weighted by Gasteiger charge is -2.38. The summed E-state index contributed by atoms with van der Waals surface area (Å²) in [4.78, 5) is 17.3. The molecule has 1 aliphatic carbocycles. The molecule has 0 aromatic carbocycles. The molecule has 0 radical (unpaired) electrons. The van der Waals surface area contributed by atoms with Crippen molar-refractivity contribution in [1.82, 2.24) is 5.32 Å². The molecule has 114 valence electrons. The van der Waals surface area contributed by atoms with Gasteiger partial charge in [-0.15, -0.1) is 11.8 Å². The first-order valence-electron chi connectivity index (χ1n) is 8.02. The first kappa shape index (κ1) is 14.9. The lowest BCUT2D eigenvalue weighted by atomic mass is 9.74. The molecule has 2 heterocycles. The van der Waals surface area contributed by atoms with Crippen LogP contribution in [0.4, 0.5) is 0 Å². The van der Waals surface area contributed by atoms with Gasteiger partial charge < -0.3 is 5.32 Å². The van der Waals surface area contributed by atoms with Crippen LogP contribution >= 0.6 is 11.8 Å². The fourth-order valence-corrected chi connectivity index (χ4v) is 5.57. The summed E-state index contributed by atoms with van der Waals surface area (Å²) in [6.07, 6.45) is 11.8. The van der Waals surface area contributed by atoms with Crippen molar-refractivity contribution >= 4 is 23.4 Å². The van der Waals surface area contributed by atoms with E-state index >= 15 is 0 Å². The van der Waals surface area contributed by atoms with Gasteiger partial charge in [0.25, 0.3) is 0 Å². The third-order valence-electron chi connectivity index (χ3n) is 4.82. The van der Waals surface area contributed by atoms with E-state index in [1.807, 2.05) is 11.8 Å². The fourth-order valence-electron chi connectivity index (χ4n) is 3.78. The Morgan fingerprint density at radius 1 is 1.57 bits per heavy atom. The molecule has 21 heavy (non-hydrogen) atoms. The lowest BCUT2D eigenvalue weighted by Crippen LogP contribution is -2.47. The predicted octanol–water partition coefficient (Wildman–Crippen LogP) is 2.98. The van der Waals surface area contributed by atoms with Gasteiger partial charge in [0.1, 0.15) is 0 Å². The van der Waals surface area contributed by atoms with Crippen molar-refractivity contribution in [2.24, 2.45) is 16.8 Å². The van der Waals surface area contributed by atoms with Crippen molar-refractivity contribution in [3.05, 3.63) is 24.3 Å². The third kappa shape index (κ3) is 2.59. The number of allylic oxidation sites excluding steroid dienone is 3. The van der Waals surface area contributed by atoms with E-state index in [4.69, 9.17) is 4.99 Å². The quantitative estimate of drug-likeness (QED) is 0.867. The van der Waals surface area contributed by atoms with Crippen LogP contribution in [-0.2, 0) is 4.79 Å². The third-order valence-corrected chi connectivity index (χ3v) is 6.47. The van der Waals surface area contributed by atoms with Crippen LogP contribution in [0.15, 0.2) is 29.3 Å². The largest absolute Gasteiger partial charge is 0.353 e. The van der Waals surface area contributed by atoms with E-state index in [2.05, 4.69) is 43.5 Å². The van der Waals surface area contributed by atoms with Crippen LogP contribution in [0.5, 0.6) is 0 Å². The van der Waals surface area contributed by atoms with Crippen molar-refractivity contribution in [3.63, 3.8) is 0 Å². The number of carbonyl (C=O) groups is 1. The van der Waals surface area contributed by atoms with E-state index < -0.39 is 0 Å². The van der Waals surface area contributed by atoms with Gasteiger partial charge in [0.05, 0.1) is 16.4 Å². The Balaban J connectivity index is 1.76. The molecule has 1 spiro atoms. The van der Waals surface area contributed by atoms with E-state index in [9.17, 15) is 4.79 Å². The standard InChI is InChI=1S/C17H24N2OS/c1-3-6-12(2)19-16(20)13-11-21-17-9-5-4-7-15(17)18-10-8-14(13)17/h4-5,7,9,12-14H,3,6,8,10-11H2,1-2H3,(H,19,20). The number of aliphatic imine (C=N–C) groups is 1. The molecule has 1 N–H and O–H groups in total. The van der Waals surface area contributed by atoms with Crippen molar-refractivity contribution in [3.8, 4) is 0 Å². The Morgan fingerprint density at radius 2 is 2.43 bits per heavy atom. The minimum Gasteiger partial charge on any atom is -0.353 e. The lowest BCUT2D eigenvalue weighted by molar-refractivity contribution is -0.126. The average molecular weight is 304 g/mol. The van der Waals surface area contributed by atoms with Crippen LogP contribution in [0.25, 0.3) is 0 Å². The van der Waals surface area contributed by atoms with E-state index in [-0.39, 0.29) is 22.6 Å². The Morgan fingerprint density at radius 3 is 3.24 bits per heavy atom. The van der Waals surface area contributed by atoms with Gasteiger partial charge in [0.15, 0.2) is 0 Å². The Labute approximate surface area is 131 Å². The number of hydrogen-bond donors (Lipinski definition) is 1. The van der Waals surface area contributed by atoms with Crippen LogP contribution in [0.3, 0.4) is 0 Å². The van der Waals surface area contributed by atoms with E-state index in [1.165, 1.54) is 5.71 Å². The number of carbonyl (C=O) groups excluding carboxylic acids is 1. The number of thioether (sulfide) groups is 1. The first-order valence-corrected chi connectivity index (χ1v) is 9.01. The number of nitrogens with one attached hydrogen (secondary N) is 1. The summed E-state index contributed by atoms with van der Waals surface area (Å²) in [5.74, 6) is 1.67. The monoisotopic (exact) mass is 304 g/mol. The summed E-state index contributed by atoms with van der Waals surface area (Å²) in [6, 6.07) is 0.280. The minimum atomic E-state index is -0.0387. The maximum atomic E-state index is 12.7. The molecular weight excluding hydrogens is 280 g/mol. The maximum Gasteiger partial charge on any atom is 0.224 e. The molecule has 3 nitrogen and oxygen atoms in total. The Kier molecular flexibility index (Phi) is 4.25. The molecule has 3 rings (SSSR count). The van der Waals surface area contributed by atoms with Gasteiger partial charge >= 0.3 is 0 Å². The van der Waals surface area contributed by atoms with Gasteiger partial charge in [-0.3, -0.25) is 9.79 Å². The molecule has 4 unspecified atom stereocenters. The first-order chi connectivity index (χ1) is 10.2. The highest BCUT2D eigenvalue weighted by Crippen LogP contribution is 2.52. The summed E-state index contributed by atoms with van der Waals surface area (Å²) in [5, 5.41) is 3.21. The van der Waals surface area contributed by atoms with Gasteiger partial charge in [-0.25, -0.2) is 0 Å². The number of hydrogen-bond acceptors (Lipinski definition) is 3. The molecule has 1 saturated heterocycles. The summed E-state index contributed by atoms with van der Waals surface area (Å²) >= 11 is 1.90. The zero-order chi connectivity index (χ0) is 14.9. The van der Waals surface area contributed by atoms with Crippen molar-refractivity contribution in [1.29, 1.82) is 0 Å². The van der Waals surface area contributed by atoms with E-state index in [0.29, 0.717) is 5.92 Å². The SMILES string of the molecule is CCCC(C)NC(=O)C1CSC23C=CC=CC2=NCCC13. The highest BCUT2D eigenvalue weighted by molar-refractivity contribution is 8.02. The molecule has 3 aliphatic rings. The van der Waals surface area contributed by atoms with Gasteiger partial charge in [-0.2, -0.15) is 0 Å². The molecule has 0 bridgehead atoms. The second kappa shape index (κ2) is 5.99. The summed E-state index contributed by atoms with van der Waals surface area (Å²) in [5.41, 5.74) is 1.17. The summed E-state index contributed by atoms with van der Waals surface area (Å²) < 4.78 is -0.0387. The Hall–Kier alpha value is -1.03. The molecule has 2 aliphatic heterocycles. The molecule has 0 saturated carbocycles. The fraction of sp³-hybridized carbons (Fsp3) is 0.647. The van der Waals surface area contributed by atoms with Gasteiger partial charge in [-0.1, -0.05) is 31.6 Å². The van der Waals surface area contributed by atoms with Crippen LogP contribution in [0, 0.1) is 11.8 Å². The normalized spacial score (nSPS) is 34.9. The smallest absolute Gasteiger partial charge is 0.224 e. The highest BCUT2D eigenvalue weighted by atomic mass is 32.2. The van der Waals surface area contributed by atoms with Crippen molar-refractivity contribution in [2.75, 3.05) is 12.3 Å². The van der Waals surface area contributed by atoms with Crippen LogP contribution in [0.2, 0.25) is 0 Å². The average Bonchev–Trinajstić information content (AvgIpc) is 2.85. The molecule has 1 fully saturated rings. The predicted molar refractivity (Wildman–Crippen MR) is 89.9 cm³/mol. The second-order valence-corrected chi connectivity index (χ2v) is 7.59. The Bertz CT molecular complexity index is 511. The van der Waals surface area contributed by atoms with Crippen LogP contribution < -0.4 is 5.32 Å². The van der Waals surface area contributed by atoms with Gasteiger partial charge in [0, 0.05) is 18.3 Å². The maximum absolute atomic E-state index is 12.7. The van der Waals surface area contributed by atoms with E-state index in [0.717, 1.165) is 31.6 Å². The molecule has 1 amide bonds. The second-order valence-electron chi connectivity index (χ2n) is 6.29. The van der Waals surface area contributed by atoms with Crippen molar-refractivity contribution < 1.29 is 4.79 Å².